The summed E-state index contributed by atoms with van der Waals surface area (Å²) in [6.45, 7) is 14.0. The summed E-state index contributed by atoms with van der Waals surface area (Å²) in [7, 11) is 0. The lowest BCUT2D eigenvalue weighted by Crippen LogP contribution is -2.43. The lowest BCUT2D eigenvalue weighted by atomic mass is 9.90. The zero-order chi connectivity index (χ0) is 15.7. The minimum atomic E-state index is 0.168. The van der Waals surface area contributed by atoms with Crippen LogP contribution in [-0.2, 0) is 4.79 Å². The van der Waals surface area contributed by atoms with Gasteiger partial charge in [-0.05, 0) is 57.7 Å². The molecular formula is C17H35N3O. The van der Waals surface area contributed by atoms with Gasteiger partial charge in [0, 0.05) is 25.6 Å². The van der Waals surface area contributed by atoms with Gasteiger partial charge in [0.05, 0.1) is 0 Å². The van der Waals surface area contributed by atoms with Crippen LogP contribution in [0, 0.1) is 11.8 Å². The van der Waals surface area contributed by atoms with Crippen LogP contribution in [0.2, 0.25) is 0 Å². The monoisotopic (exact) mass is 297 g/mol. The van der Waals surface area contributed by atoms with Gasteiger partial charge < -0.3 is 15.5 Å². The van der Waals surface area contributed by atoms with E-state index in [1.54, 1.807) is 0 Å². The van der Waals surface area contributed by atoms with Gasteiger partial charge in [-0.25, -0.2) is 0 Å². The third-order valence-corrected chi connectivity index (χ3v) is 4.41. The van der Waals surface area contributed by atoms with Crippen molar-refractivity contribution >= 4 is 5.91 Å². The normalized spacial score (nSPS) is 18.9. The van der Waals surface area contributed by atoms with Crippen LogP contribution in [0.15, 0.2) is 0 Å². The molecule has 0 aromatic rings. The third kappa shape index (κ3) is 7.82. The summed E-state index contributed by atoms with van der Waals surface area (Å²) >= 11 is 0. The van der Waals surface area contributed by atoms with Gasteiger partial charge in [0.1, 0.15) is 0 Å². The SMILES string of the molecule is CCCN1CCC(C(C)NCCC(=O)NCC(C)C)CC1. The summed E-state index contributed by atoms with van der Waals surface area (Å²) in [6.07, 6.45) is 4.41. The van der Waals surface area contributed by atoms with E-state index in [9.17, 15) is 4.79 Å². The van der Waals surface area contributed by atoms with E-state index in [1.165, 1.54) is 38.9 Å². The van der Waals surface area contributed by atoms with Crippen LogP contribution in [0.4, 0.5) is 0 Å². The standard InChI is InChI=1S/C17H35N3O/c1-5-10-20-11-7-16(8-12-20)15(4)18-9-6-17(21)19-13-14(2)3/h14-16,18H,5-13H2,1-4H3,(H,19,21). The molecular weight excluding hydrogens is 262 g/mol. The number of carbonyl (C=O) groups is 1. The van der Waals surface area contributed by atoms with E-state index < -0.39 is 0 Å². The van der Waals surface area contributed by atoms with E-state index in [1.807, 2.05) is 0 Å². The van der Waals surface area contributed by atoms with Crippen molar-refractivity contribution in [2.45, 2.75) is 59.4 Å². The molecule has 1 unspecified atom stereocenters. The first-order valence-corrected chi connectivity index (χ1v) is 8.75. The number of hydrogen-bond donors (Lipinski definition) is 2. The maximum absolute atomic E-state index is 11.7. The molecule has 0 aromatic carbocycles. The van der Waals surface area contributed by atoms with Crippen molar-refractivity contribution in [3.05, 3.63) is 0 Å². The van der Waals surface area contributed by atoms with E-state index in [0.29, 0.717) is 18.4 Å². The van der Waals surface area contributed by atoms with Crippen molar-refractivity contribution in [1.29, 1.82) is 0 Å². The summed E-state index contributed by atoms with van der Waals surface area (Å²) in [6, 6.07) is 0.520. The quantitative estimate of drug-likeness (QED) is 0.686. The smallest absolute Gasteiger partial charge is 0.221 e. The molecule has 124 valence electrons. The number of amides is 1. The van der Waals surface area contributed by atoms with Gasteiger partial charge in [0.2, 0.25) is 5.91 Å². The average Bonchev–Trinajstić information content (AvgIpc) is 2.46. The Bertz CT molecular complexity index is 286. The molecule has 0 spiro atoms. The highest BCUT2D eigenvalue weighted by Crippen LogP contribution is 2.20. The van der Waals surface area contributed by atoms with Crippen molar-refractivity contribution in [3.63, 3.8) is 0 Å². The highest BCUT2D eigenvalue weighted by Gasteiger charge is 2.23. The number of likely N-dealkylation sites (tertiary alicyclic amines) is 1. The molecule has 1 fully saturated rings. The van der Waals surface area contributed by atoms with E-state index >= 15 is 0 Å². The predicted molar refractivity (Wildman–Crippen MR) is 89.4 cm³/mol. The molecule has 0 saturated carbocycles. The van der Waals surface area contributed by atoms with E-state index in [2.05, 4.69) is 43.2 Å². The Hall–Kier alpha value is -0.610. The van der Waals surface area contributed by atoms with Crippen LogP contribution in [-0.4, -0.2) is 49.6 Å². The number of piperidine rings is 1. The van der Waals surface area contributed by atoms with Crippen LogP contribution >= 0.6 is 0 Å². The molecule has 0 radical (unpaired) electrons. The highest BCUT2D eigenvalue weighted by atomic mass is 16.1. The molecule has 1 aliphatic rings. The fourth-order valence-electron chi connectivity index (χ4n) is 2.98. The fourth-order valence-corrected chi connectivity index (χ4v) is 2.98. The molecule has 4 nitrogen and oxygen atoms in total. The van der Waals surface area contributed by atoms with Gasteiger partial charge in [0.15, 0.2) is 0 Å². The molecule has 1 saturated heterocycles. The average molecular weight is 297 g/mol. The van der Waals surface area contributed by atoms with Crippen LogP contribution in [0.25, 0.3) is 0 Å². The Balaban J connectivity index is 2.11. The Morgan fingerprint density at radius 2 is 1.90 bits per heavy atom. The molecule has 1 amide bonds. The number of hydrogen-bond acceptors (Lipinski definition) is 3. The predicted octanol–water partition coefficient (Wildman–Crippen LogP) is 2.25. The molecule has 0 bridgehead atoms. The summed E-state index contributed by atoms with van der Waals surface area (Å²) < 4.78 is 0. The maximum Gasteiger partial charge on any atom is 0.221 e. The van der Waals surface area contributed by atoms with Crippen LogP contribution in [0.5, 0.6) is 0 Å². The fraction of sp³-hybridized carbons (Fsp3) is 0.941. The highest BCUT2D eigenvalue weighted by molar-refractivity contribution is 5.76. The topological polar surface area (TPSA) is 44.4 Å². The maximum atomic E-state index is 11.7. The van der Waals surface area contributed by atoms with Gasteiger partial charge in [0.25, 0.3) is 0 Å². The van der Waals surface area contributed by atoms with Gasteiger partial charge in [-0.2, -0.15) is 0 Å². The van der Waals surface area contributed by atoms with Crippen LogP contribution in [0.1, 0.15) is 53.4 Å². The summed E-state index contributed by atoms with van der Waals surface area (Å²) in [5.74, 6) is 1.45. The Labute approximate surface area is 131 Å². The number of rotatable bonds is 9. The summed E-state index contributed by atoms with van der Waals surface area (Å²) in [4.78, 5) is 14.2. The Kier molecular flexibility index (Phi) is 8.93. The van der Waals surface area contributed by atoms with E-state index in [0.717, 1.165) is 19.0 Å². The second kappa shape index (κ2) is 10.2. The summed E-state index contributed by atoms with van der Waals surface area (Å²) in [5.41, 5.74) is 0. The minimum Gasteiger partial charge on any atom is -0.356 e. The molecule has 1 rings (SSSR count). The van der Waals surface area contributed by atoms with Crippen molar-refractivity contribution in [1.82, 2.24) is 15.5 Å². The van der Waals surface area contributed by atoms with Gasteiger partial charge in [-0.15, -0.1) is 0 Å². The van der Waals surface area contributed by atoms with Crippen molar-refractivity contribution in [3.8, 4) is 0 Å². The largest absolute Gasteiger partial charge is 0.356 e. The molecule has 0 aliphatic carbocycles. The third-order valence-electron chi connectivity index (χ3n) is 4.41. The molecule has 1 aliphatic heterocycles. The van der Waals surface area contributed by atoms with Gasteiger partial charge in [-0.3, -0.25) is 4.79 Å². The van der Waals surface area contributed by atoms with Crippen molar-refractivity contribution < 1.29 is 4.79 Å². The van der Waals surface area contributed by atoms with Crippen LogP contribution in [0.3, 0.4) is 0 Å². The molecule has 0 aromatic heterocycles. The molecule has 1 atom stereocenters. The minimum absolute atomic E-state index is 0.168. The number of nitrogens with zero attached hydrogens (tertiary/aromatic N) is 1. The lowest BCUT2D eigenvalue weighted by molar-refractivity contribution is -0.121. The van der Waals surface area contributed by atoms with Gasteiger partial charge >= 0.3 is 0 Å². The van der Waals surface area contributed by atoms with E-state index in [4.69, 9.17) is 0 Å². The number of carbonyl (C=O) groups excluding carboxylic acids is 1. The molecule has 1 heterocycles. The van der Waals surface area contributed by atoms with Crippen molar-refractivity contribution in [2.24, 2.45) is 11.8 Å². The zero-order valence-corrected chi connectivity index (χ0v) is 14.5. The van der Waals surface area contributed by atoms with Crippen LogP contribution < -0.4 is 10.6 Å². The second-order valence-electron chi connectivity index (χ2n) is 6.87. The molecule has 4 heteroatoms. The Morgan fingerprint density at radius 1 is 1.24 bits per heavy atom. The molecule has 2 N–H and O–H groups in total. The first-order valence-electron chi connectivity index (χ1n) is 8.75. The van der Waals surface area contributed by atoms with E-state index in [-0.39, 0.29) is 5.91 Å². The second-order valence-corrected chi connectivity index (χ2v) is 6.87. The first-order chi connectivity index (χ1) is 10.0. The Morgan fingerprint density at radius 3 is 2.48 bits per heavy atom. The first kappa shape index (κ1) is 18.4. The summed E-state index contributed by atoms with van der Waals surface area (Å²) in [5, 5.41) is 6.51. The van der Waals surface area contributed by atoms with Gasteiger partial charge in [-0.1, -0.05) is 20.8 Å². The zero-order valence-electron chi connectivity index (χ0n) is 14.5. The molecule has 21 heavy (non-hydrogen) atoms. The lowest BCUT2D eigenvalue weighted by Gasteiger charge is -2.35. The van der Waals surface area contributed by atoms with Crippen molar-refractivity contribution in [2.75, 3.05) is 32.7 Å². The number of nitrogens with one attached hydrogen (secondary N) is 2.